The lowest BCUT2D eigenvalue weighted by molar-refractivity contribution is -0.117. The Morgan fingerprint density at radius 3 is 1.45 bits per heavy atom. The van der Waals surface area contributed by atoms with Crippen LogP contribution in [0.15, 0.2) is 36.4 Å². The van der Waals surface area contributed by atoms with Gasteiger partial charge in [0.2, 0.25) is 0 Å². The molecule has 0 radical (unpaired) electrons. The molecule has 2 aromatic carbocycles. The van der Waals surface area contributed by atoms with E-state index in [1.54, 1.807) is 0 Å². The molecule has 0 saturated carbocycles. The van der Waals surface area contributed by atoms with Crippen LogP contribution in [0.25, 0.3) is 0 Å². The lowest BCUT2D eigenvalue weighted by Gasteiger charge is -2.03. The molecular weight excluding hydrogens is 272 g/mol. The topological polar surface area (TPSA) is 17.1 Å². The van der Waals surface area contributed by atoms with Crippen molar-refractivity contribution in [2.75, 3.05) is 0 Å². The molecule has 0 amide bonds. The average Bonchev–Trinajstić information content (AvgIpc) is 2.38. The lowest BCUT2D eigenvalue weighted by atomic mass is 10.0. The third-order valence-electron chi connectivity index (χ3n) is 2.77. The highest BCUT2D eigenvalue weighted by Gasteiger charge is 2.10. The van der Waals surface area contributed by atoms with Crippen LogP contribution in [0.1, 0.15) is 11.1 Å². The van der Waals surface area contributed by atoms with Crippen molar-refractivity contribution in [2.24, 2.45) is 0 Å². The van der Waals surface area contributed by atoms with E-state index in [1.807, 2.05) is 0 Å². The number of hydrogen-bond acceptors (Lipinski definition) is 1. The minimum atomic E-state index is -1.02. The molecule has 20 heavy (non-hydrogen) atoms. The Labute approximate surface area is 112 Å². The van der Waals surface area contributed by atoms with E-state index in [2.05, 4.69) is 0 Å². The Hall–Kier alpha value is -2.17. The lowest BCUT2D eigenvalue weighted by Crippen LogP contribution is -2.07. The van der Waals surface area contributed by atoms with E-state index in [4.69, 9.17) is 0 Å². The molecule has 0 heterocycles. The molecular formula is C15H10F4O. The minimum absolute atomic E-state index is 0.101. The van der Waals surface area contributed by atoms with Crippen molar-refractivity contribution in [3.63, 3.8) is 0 Å². The zero-order chi connectivity index (χ0) is 14.7. The van der Waals surface area contributed by atoms with E-state index in [-0.39, 0.29) is 18.6 Å². The van der Waals surface area contributed by atoms with Crippen LogP contribution in [0, 0.1) is 23.3 Å². The smallest absolute Gasteiger partial charge is 0.159 e. The fraction of sp³-hybridized carbons (Fsp3) is 0.133. The maximum absolute atomic E-state index is 13.0. The van der Waals surface area contributed by atoms with Gasteiger partial charge >= 0.3 is 0 Å². The number of Topliss-reactive ketones (excluding diaryl/α,β-unsaturated/α-hetero) is 1. The average molecular weight is 282 g/mol. The van der Waals surface area contributed by atoms with Crippen molar-refractivity contribution in [3.05, 3.63) is 70.8 Å². The Morgan fingerprint density at radius 2 is 1.10 bits per heavy atom. The van der Waals surface area contributed by atoms with Gasteiger partial charge in [0, 0.05) is 12.8 Å². The number of carbonyl (C=O) groups is 1. The molecule has 1 nitrogen and oxygen atoms in total. The van der Waals surface area contributed by atoms with Crippen LogP contribution in [-0.2, 0) is 17.6 Å². The van der Waals surface area contributed by atoms with Crippen molar-refractivity contribution in [3.8, 4) is 0 Å². The number of hydrogen-bond donors (Lipinski definition) is 0. The van der Waals surface area contributed by atoms with Crippen molar-refractivity contribution >= 4 is 5.78 Å². The molecule has 0 aromatic heterocycles. The molecule has 0 N–H and O–H groups in total. The van der Waals surface area contributed by atoms with E-state index in [0.717, 1.165) is 24.3 Å². The van der Waals surface area contributed by atoms with Gasteiger partial charge in [0.1, 0.15) is 5.78 Å². The second-order valence-electron chi connectivity index (χ2n) is 4.39. The predicted molar refractivity (Wildman–Crippen MR) is 65.1 cm³/mol. The van der Waals surface area contributed by atoms with E-state index >= 15 is 0 Å². The molecule has 0 unspecified atom stereocenters. The van der Waals surface area contributed by atoms with Crippen LogP contribution in [-0.4, -0.2) is 5.78 Å². The second-order valence-corrected chi connectivity index (χ2v) is 4.39. The molecule has 0 saturated heterocycles. The summed E-state index contributed by atoms with van der Waals surface area (Å²) in [5.74, 6) is -4.32. The Morgan fingerprint density at radius 1 is 0.700 bits per heavy atom. The highest BCUT2D eigenvalue weighted by Crippen LogP contribution is 2.13. The van der Waals surface area contributed by atoms with Gasteiger partial charge in [-0.3, -0.25) is 4.79 Å². The van der Waals surface area contributed by atoms with Gasteiger partial charge in [0.25, 0.3) is 0 Å². The highest BCUT2D eigenvalue weighted by atomic mass is 19.2. The van der Waals surface area contributed by atoms with Gasteiger partial charge in [-0.2, -0.15) is 0 Å². The molecule has 0 aliphatic carbocycles. The number of rotatable bonds is 4. The fourth-order valence-electron chi connectivity index (χ4n) is 1.82. The fourth-order valence-corrected chi connectivity index (χ4v) is 1.82. The summed E-state index contributed by atoms with van der Waals surface area (Å²) in [6.07, 6.45) is -0.202. The van der Waals surface area contributed by atoms with Crippen molar-refractivity contribution in [1.29, 1.82) is 0 Å². The summed E-state index contributed by atoms with van der Waals surface area (Å²) in [6, 6.07) is 6.38. The number of halogens is 4. The van der Waals surface area contributed by atoms with E-state index in [1.165, 1.54) is 12.1 Å². The first-order valence-electron chi connectivity index (χ1n) is 5.85. The first-order chi connectivity index (χ1) is 9.45. The molecule has 0 atom stereocenters. The summed E-state index contributed by atoms with van der Waals surface area (Å²) < 4.78 is 51.4. The number of ketones is 1. The van der Waals surface area contributed by atoms with Crippen molar-refractivity contribution in [1.82, 2.24) is 0 Å². The largest absolute Gasteiger partial charge is 0.299 e. The Kier molecular flexibility index (Phi) is 4.17. The van der Waals surface area contributed by atoms with Crippen LogP contribution in [0.2, 0.25) is 0 Å². The van der Waals surface area contributed by atoms with Gasteiger partial charge in [0.15, 0.2) is 23.3 Å². The Bertz CT molecular complexity index is 597. The van der Waals surface area contributed by atoms with E-state index in [9.17, 15) is 22.4 Å². The Balaban J connectivity index is 2.04. The van der Waals surface area contributed by atoms with Crippen LogP contribution >= 0.6 is 0 Å². The summed E-state index contributed by atoms with van der Waals surface area (Å²) in [5, 5.41) is 0. The number of carbonyl (C=O) groups excluding carboxylic acids is 1. The van der Waals surface area contributed by atoms with Gasteiger partial charge in [-0.25, -0.2) is 17.6 Å². The minimum Gasteiger partial charge on any atom is -0.299 e. The molecule has 0 fully saturated rings. The summed E-state index contributed by atoms with van der Waals surface area (Å²) in [5.41, 5.74) is 0.660. The quantitative estimate of drug-likeness (QED) is 0.783. The van der Waals surface area contributed by atoms with Crippen LogP contribution in [0.4, 0.5) is 17.6 Å². The monoisotopic (exact) mass is 282 g/mol. The predicted octanol–water partition coefficient (Wildman–Crippen LogP) is 3.60. The van der Waals surface area contributed by atoms with Gasteiger partial charge in [-0.05, 0) is 35.4 Å². The van der Waals surface area contributed by atoms with Gasteiger partial charge in [-0.1, -0.05) is 12.1 Å². The molecule has 2 aromatic rings. The summed E-state index contributed by atoms with van der Waals surface area (Å²) in [4.78, 5) is 11.7. The van der Waals surface area contributed by atoms with Gasteiger partial charge in [-0.15, -0.1) is 0 Å². The second kappa shape index (κ2) is 5.86. The first-order valence-corrected chi connectivity index (χ1v) is 5.85. The zero-order valence-corrected chi connectivity index (χ0v) is 10.3. The first kappa shape index (κ1) is 14.2. The van der Waals surface area contributed by atoms with E-state index < -0.39 is 23.3 Å². The molecule has 0 aliphatic rings. The van der Waals surface area contributed by atoms with Crippen molar-refractivity contribution < 1.29 is 22.4 Å². The summed E-state index contributed by atoms with van der Waals surface area (Å²) >= 11 is 0. The van der Waals surface area contributed by atoms with Crippen LogP contribution in [0.5, 0.6) is 0 Å². The van der Waals surface area contributed by atoms with Crippen LogP contribution < -0.4 is 0 Å². The van der Waals surface area contributed by atoms with Gasteiger partial charge in [0.05, 0.1) is 0 Å². The van der Waals surface area contributed by atoms with Gasteiger partial charge < -0.3 is 0 Å². The van der Waals surface area contributed by atoms with E-state index in [0.29, 0.717) is 11.1 Å². The third kappa shape index (κ3) is 3.44. The standard InChI is InChI=1S/C15H10F4O/c16-12-3-1-9(7-14(12)18)5-11(20)6-10-2-4-13(17)15(19)8-10/h1-4,7-8H,5-6H2. The molecule has 0 spiro atoms. The van der Waals surface area contributed by atoms with Crippen LogP contribution in [0.3, 0.4) is 0 Å². The summed E-state index contributed by atoms with van der Waals surface area (Å²) in [6.45, 7) is 0. The SMILES string of the molecule is O=C(Cc1ccc(F)c(F)c1)Cc1ccc(F)c(F)c1. The number of benzene rings is 2. The molecule has 2 rings (SSSR count). The maximum Gasteiger partial charge on any atom is 0.159 e. The maximum atomic E-state index is 13.0. The molecule has 104 valence electrons. The molecule has 5 heteroatoms. The molecule has 0 bridgehead atoms. The highest BCUT2D eigenvalue weighted by molar-refractivity contribution is 5.83. The third-order valence-corrected chi connectivity index (χ3v) is 2.77. The van der Waals surface area contributed by atoms with Crippen molar-refractivity contribution in [2.45, 2.75) is 12.8 Å². The summed E-state index contributed by atoms with van der Waals surface area (Å²) in [7, 11) is 0. The molecule has 0 aliphatic heterocycles. The zero-order valence-electron chi connectivity index (χ0n) is 10.3. The normalized spacial score (nSPS) is 10.6.